The van der Waals surface area contributed by atoms with E-state index < -0.39 is 5.69 Å². The number of anilines is 1. The van der Waals surface area contributed by atoms with E-state index in [4.69, 9.17) is 20.9 Å². The van der Waals surface area contributed by atoms with Crippen molar-refractivity contribution in [3.63, 3.8) is 0 Å². The summed E-state index contributed by atoms with van der Waals surface area (Å²) in [5.74, 6) is 1.41. The summed E-state index contributed by atoms with van der Waals surface area (Å²) in [6.07, 6.45) is 1.02. The molecule has 1 N–H and O–H groups in total. The molecule has 1 aromatic rings. The minimum Gasteiger partial charge on any atom is -0.436 e. The van der Waals surface area contributed by atoms with Crippen molar-refractivity contribution in [2.45, 2.75) is 27.2 Å². The van der Waals surface area contributed by atoms with E-state index in [0.717, 1.165) is 12.2 Å². The van der Waals surface area contributed by atoms with Crippen molar-refractivity contribution in [2.75, 3.05) is 17.7 Å². The summed E-state index contributed by atoms with van der Waals surface area (Å²) in [6, 6.07) is 7.19. The molecule has 0 aliphatic carbocycles. The number of rotatable bonds is 8. The maximum Gasteiger partial charge on any atom is 0.297 e. The molecule has 0 heterocycles. The van der Waals surface area contributed by atoms with Crippen LogP contribution < -0.4 is 9.84 Å². The zero-order chi connectivity index (χ0) is 15.0. The van der Waals surface area contributed by atoms with Gasteiger partial charge in [-0.05, 0) is 37.3 Å². The third-order valence-corrected chi connectivity index (χ3v) is 7.55. The summed E-state index contributed by atoms with van der Waals surface area (Å²) in [5, 5.41) is 2.72. The molecule has 1 rings (SSSR count). The highest BCUT2D eigenvalue weighted by molar-refractivity contribution is 8.68. The molecule has 1 atom stereocenters. The Bertz CT molecular complexity index is 496. The molecular formula is C13H20NO3PS2. The van der Waals surface area contributed by atoms with Crippen LogP contribution >= 0.6 is 17.1 Å². The van der Waals surface area contributed by atoms with Crippen LogP contribution in [0.3, 0.4) is 0 Å². The van der Waals surface area contributed by atoms with Crippen LogP contribution in [0.25, 0.3) is 0 Å². The number of carbonyl (C=O) groups is 1. The van der Waals surface area contributed by atoms with E-state index in [1.807, 2.05) is 19.1 Å². The minimum atomic E-state index is -2.37. The molecular weight excluding hydrogens is 313 g/mol. The highest BCUT2D eigenvalue weighted by atomic mass is 32.9. The first-order valence-corrected chi connectivity index (χ1v) is 10.7. The zero-order valence-corrected chi connectivity index (χ0v) is 14.4. The van der Waals surface area contributed by atoms with Gasteiger partial charge < -0.3 is 14.4 Å². The van der Waals surface area contributed by atoms with E-state index in [9.17, 15) is 4.79 Å². The Morgan fingerprint density at radius 1 is 1.45 bits per heavy atom. The molecule has 7 heteroatoms. The molecule has 1 unspecified atom stereocenters. The third kappa shape index (κ3) is 6.27. The van der Waals surface area contributed by atoms with Gasteiger partial charge in [0.1, 0.15) is 5.75 Å². The molecule has 20 heavy (non-hydrogen) atoms. The van der Waals surface area contributed by atoms with Gasteiger partial charge in [-0.1, -0.05) is 24.4 Å². The Labute approximate surface area is 129 Å². The van der Waals surface area contributed by atoms with E-state index in [0.29, 0.717) is 18.0 Å². The highest BCUT2D eigenvalue weighted by Gasteiger charge is 2.20. The fraction of sp³-hybridized carbons (Fsp3) is 0.462. The van der Waals surface area contributed by atoms with Crippen molar-refractivity contribution < 1.29 is 13.8 Å². The fourth-order valence-corrected chi connectivity index (χ4v) is 6.11. The minimum absolute atomic E-state index is 0.119. The second-order valence-electron chi connectivity index (χ2n) is 4.00. The quantitative estimate of drug-likeness (QED) is 0.713. The molecule has 0 spiro atoms. The summed E-state index contributed by atoms with van der Waals surface area (Å²) in [6.45, 7) is 6.00. The van der Waals surface area contributed by atoms with Gasteiger partial charge in [-0.3, -0.25) is 4.79 Å². The number of carbonyl (C=O) groups excluding carboxylic acids is 1. The predicted octanol–water partition coefficient (Wildman–Crippen LogP) is 4.43. The largest absolute Gasteiger partial charge is 0.436 e. The normalized spacial score (nSPS) is 13.6. The molecule has 1 amide bonds. The molecule has 0 fully saturated rings. The van der Waals surface area contributed by atoms with Crippen LogP contribution in [-0.2, 0) is 21.1 Å². The van der Waals surface area contributed by atoms with Crippen LogP contribution in [0.5, 0.6) is 5.75 Å². The van der Waals surface area contributed by atoms with Gasteiger partial charge in [0.25, 0.3) is 5.69 Å². The maximum absolute atomic E-state index is 11.1. The lowest BCUT2D eigenvalue weighted by Crippen LogP contribution is -2.05. The van der Waals surface area contributed by atoms with E-state index in [1.165, 1.54) is 6.92 Å². The zero-order valence-electron chi connectivity index (χ0n) is 11.9. The number of hydrogen-bond donors (Lipinski definition) is 1. The van der Waals surface area contributed by atoms with Crippen LogP contribution in [-0.4, -0.2) is 18.3 Å². The van der Waals surface area contributed by atoms with E-state index in [2.05, 4.69) is 12.2 Å². The highest BCUT2D eigenvalue weighted by Crippen LogP contribution is 2.60. The summed E-state index contributed by atoms with van der Waals surface area (Å²) >= 11 is 7.08. The smallest absolute Gasteiger partial charge is 0.297 e. The summed E-state index contributed by atoms with van der Waals surface area (Å²) in [5.41, 5.74) is -1.69. The van der Waals surface area contributed by atoms with Crippen LogP contribution in [0, 0.1) is 0 Å². The van der Waals surface area contributed by atoms with Crippen LogP contribution in [0.15, 0.2) is 24.3 Å². The average molecular weight is 333 g/mol. The van der Waals surface area contributed by atoms with Gasteiger partial charge in [-0.25, -0.2) is 0 Å². The lowest BCUT2D eigenvalue weighted by molar-refractivity contribution is -0.114. The van der Waals surface area contributed by atoms with Gasteiger partial charge in [-0.2, -0.15) is 0 Å². The first-order chi connectivity index (χ1) is 9.49. The number of hydrogen-bond acceptors (Lipinski definition) is 5. The maximum atomic E-state index is 11.1. The SMILES string of the molecule is CCCSP(=S)(OCC)Oc1cccc(NC(C)=O)c1. The topological polar surface area (TPSA) is 47.6 Å². The Morgan fingerprint density at radius 2 is 2.20 bits per heavy atom. The molecule has 0 bridgehead atoms. The molecule has 0 saturated carbocycles. The molecule has 0 radical (unpaired) electrons. The Balaban J connectivity index is 2.82. The summed E-state index contributed by atoms with van der Waals surface area (Å²) < 4.78 is 11.5. The van der Waals surface area contributed by atoms with Crippen molar-refractivity contribution in [1.82, 2.24) is 0 Å². The van der Waals surface area contributed by atoms with E-state index in [1.54, 1.807) is 23.5 Å². The second kappa shape index (κ2) is 8.67. The molecule has 4 nitrogen and oxygen atoms in total. The number of amides is 1. The molecule has 0 saturated heterocycles. The number of nitrogens with one attached hydrogen (secondary N) is 1. The monoisotopic (exact) mass is 333 g/mol. The van der Waals surface area contributed by atoms with Crippen molar-refractivity contribution >= 4 is 40.5 Å². The molecule has 0 aromatic heterocycles. The molecule has 0 aliphatic heterocycles. The fourth-order valence-electron chi connectivity index (χ4n) is 1.41. The van der Waals surface area contributed by atoms with Gasteiger partial charge in [0.2, 0.25) is 5.91 Å². The summed E-state index contributed by atoms with van der Waals surface area (Å²) in [7, 11) is 0. The second-order valence-corrected chi connectivity index (χ2v) is 10.4. The predicted molar refractivity (Wildman–Crippen MR) is 90.0 cm³/mol. The van der Waals surface area contributed by atoms with Gasteiger partial charge >= 0.3 is 0 Å². The van der Waals surface area contributed by atoms with Crippen LogP contribution in [0.1, 0.15) is 27.2 Å². The Hall–Kier alpha value is -0.550. The van der Waals surface area contributed by atoms with Crippen LogP contribution in [0.4, 0.5) is 5.69 Å². The molecule has 112 valence electrons. The lowest BCUT2D eigenvalue weighted by Gasteiger charge is -2.21. The molecule has 1 aromatic carbocycles. The first kappa shape index (κ1) is 17.5. The van der Waals surface area contributed by atoms with Crippen molar-refractivity contribution in [2.24, 2.45) is 0 Å². The average Bonchev–Trinajstić information content (AvgIpc) is 2.36. The Morgan fingerprint density at radius 3 is 2.80 bits per heavy atom. The van der Waals surface area contributed by atoms with Gasteiger partial charge in [-0.15, -0.1) is 0 Å². The summed E-state index contributed by atoms with van der Waals surface area (Å²) in [4.78, 5) is 11.1. The number of benzene rings is 1. The molecule has 0 aliphatic rings. The third-order valence-electron chi connectivity index (χ3n) is 2.11. The van der Waals surface area contributed by atoms with Crippen LogP contribution in [0.2, 0.25) is 0 Å². The van der Waals surface area contributed by atoms with Crippen molar-refractivity contribution in [3.8, 4) is 5.75 Å². The van der Waals surface area contributed by atoms with Gasteiger partial charge in [0.05, 0.1) is 6.61 Å². The standard InChI is InChI=1S/C13H20NO3PS2/c1-4-9-20-18(19,16-5-2)17-13-8-6-7-12(10-13)14-11(3)15/h6-8,10H,4-5,9H2,1-3H3,(H,14,15). The van der Waals surface area contributed by atoms with Gasteiger partial charge in [0.15, 0.2) is 0 Å². The van der Waals surface area contributed by atoms with E-state index in [-0.39, 0.29) is 5.91 Å². The Kier molecular flexibility index (Phi) is 7.59. The van der Waals surface area contributed by atoms with Crippen molar-refractivity contribution in [3.05, 3.63) is 24.3 Å². The van der Waals surface area contributed by atoms with Crippen molar-refractivity contribution in [1.29, 1.82) is 0 Å². The lowest BCUT2D eigenvalue weighted by atomic mass is 10.3. The van der Waals surface area contributed by atoms with E-state index >= 15 is 0 Å². The van der Waals surface area contributed by atoms with Gasteiger partial charge in [0, 0.05) is 24.4 Å². The first-order valence-electron chi connectivity index (χ1n) is 6.45.